The molecule has 3 rings (SSSR count). The monoisotopic (exact) mass is 456 g/mol. The molecule has 0 unspecified atom stereocenters. The van der Waals surface area contributed by atoms with Crippen molar-refractivity contribution < 1.29 is 28.2 Å². The SMILES string of the molecule is COc1cc(C(C)=O)ccc1OCCCC(=O)NC1CCN(C(=O)c2ccccc2F)CC1. The largest absolute Gasteiger partial charge is 0.493 e. The number of hydrogen-bond donors (Lipinski definition) is 1. The van der Waals surface area contributed by atoms with Gasteiger partial charge in [0.05, 0.1) is 19.3 Å². The fraction of sp³-hybridized carbons (Fsp3) is 0.400. The number of carbonyl (C=O) groups is 3. The number of piperidine rings is 1. The summed E-state index contributed by atoms with van der Waals surface area (Å²) >= 11 is 0. The molecule has 0 aromatic heterocycles. The number of nitrogens with zero attached hydrogens (tertiary/aromatic N) is 1. The third-order valence-corrected chi connectivity index (χ3v) is 5.63. The summed E-state index contributed by atoms with van der Waals surface area (Å²) in [5, 5.41) is 3.00. The van der Waals surface area contributed by atoms with Crippen LogP contribution >= 0.6 is 0 Å². The van der Waals surface area contributed by atoms with E-state index in [-0.39, 0.29) is 29.2 Å². The van der Waals surface area contributed by atoms with Crippen molar-refractivity contribution in [2.45, 2.75) is 38.6 Å². The minimum Gasteiger partial charge on any atom is -0.493 e. The predicted octanol–water partition coefficient (Wildman–Crippen LogP) is 3.62. The molecule has 1 heterocycles. The zero-order valence-electron chi connectivity index (χ0n) is 18.9. The molecule has 1 saturated heterocycles. The van der Waals surface area contributed by atoms with Gasteiger partial charge in [-0.1, -0.05) is 12.1 Å². The molecule has 0 bridgehead atoms. The molecule has 0 spiro atoms. The van der Waals surface area contributed by atoms with Crippen LogP contribution in [0.4, 0.5) is 4.39 Å². The number of nitrogens with one attached hydrogen (secondary N) is 1. The van der Waals surface area contributed by atoms with E-state index in [1.807, 2.05) is 0 Å². The molecule has 7 nitrogen and oxygen atoms in total. The van der Waals surface area contributed by atoms with Gasteiger partial charge in [-0.05, 0) is 56.5 Å². The number of benzene rings is 2. The number of Topliss-reactive ketones (excluding diaryl/α,β-unsaturated/α-hetero) is 1. The zero-order valence-corrected chi connectivity index (χ0v) is 18.9. The van der Waals surface area contributed by atoms with Gasteiger partial charge in [0, 0.05) is 31.1 Å². The quantitative estimate of drug-likeness (QED) is 0.460. The number of carbonyl (C=O) groups excluding carboxylic acids is 3. The summed E-state index contributed by atoms with van der Waals surface area (Å²) in [4.78, 5) is 37.9. The number of ether oxygens (including phenoxy) is 2. The summed E-state index contributed by atoms with van der Waals surface area (Å²) in [6.07, 6.45) is 2.08. The van der Waals surface area contributed by atoms with Crippen LogP contribution in [0.1, 0.15) is 53.3 Å². The summed E-state index contributed by atoms with van der Waals surface area (Å²) in [6.45, 7) is 2.76. The number of amides is 2. The maximum atomic E-state index is 13.9. The molecule has 1 aliphatic heterocycles. The fourth-order valence-corrected chi connectivity index (χ4v) is 3.75. The summed E-state index contributed by atoms with van der Waals surface area (Å²) in [5.74, 6) is 0.0308. The molecule has 0 aliphatic carbocycles. The van der Waals surface area contributed by atoms with Crippen LogP contribution < -0.4 is 14.8 Å². The number of likely N-dealkylation sites (tertiary alicyclic amines) is 1. The molecule has 2 amide bonds. The summed E-state index contributed by atoms with van der Waals surface area (Å²) in [6, 6.07) is 10.9. The Hall–Kier alpha value is -3.42. The Kier molecular flexibility index (Phi) is 8.40. The minimum atomic E-state index is -0.521. The van der Waals surface area contributed by atoms with E-state index in [0.29, 0.717) is 62.4 Å². The molecule has 0 radical (unpaired) electrons. The van der Waals surface area contributed by atoms with Crippen LogP contribution in [0.5, 0.6) is 11.5 Å². The average molecular weight is 457 g/mol. The van der Waals surface area contributed by atoms with Gasteiger partial charge in [-0.3, -0.25) is 14.4 Å². The van der Waals surface area contributed by atoms with Crippen molar-refractivity contribution in [1.29, 1.82) is 0 Å². The summed E-state index contributed by atoms with van der Waals surface area (Å²) < 4.78 is 24.8. The van der Waals surface area contributed by atoms with Crippen molar-refractivity contribution in [3.05, 3.63) is 59.4 Å². The molecule has 1 N–H and O–H groups in total. The number of hydrogen-bond acceptors (Lipinski definition) is 5. The van der Waals surface area contributed by atoms with Crippen LogP contribution in [0.3, 0.4) is 0 Å². The van der Waals surface area contributed by atoms with E-state index >= 15 is 0 Å². The van der Waals surface area contributed by atoms with Gasteiger partial charge in [-0.2, -0.15) is 0 Å². The van der Waals surface area contributed by atoms with Crippen LogP contribution in [0.25, 0.3) is 0 Å². The normalized spacial score (nSPS) is 14.0. The van der Waals surface area contributed by atoms with E-state index in [1.165, 1.54) is 26.2 Å². The lowest BCUT2D eigenvalue weighted by Crippen LogP contribution is -2.46. The van der Waals surface area contributed by atoms with Gasteiger partial charge in [-0.15, -0.1) is 0 Å². The highest BCUT2D eigenvalue weighted by atomic mass is 19.1. The number of methoxy groups -OCH3 is 1. The van der Waals surface area contributed by atoms with Crippen molar-refractivity contribution in [2.75, 3.05) is 26.8 Å². The van der Waals surface area contributed by atoms with Crippen molar-refractivity contribution in [1.82, 2.24) is 10.2 Å². The standard InChI is InChI=1S/C25H29FN2O5/c1-17(29)18-9-10-22(23(16-18)32-2)33-15-5-8-24(30)27-19-11-13-28(14-12-19)25(31)20-6-3-4-7-21(20)26/h3-4,6-7,9-10,16,19H,5,8,11-15H2,1-2H3,(H,27,30). The van der Waals surface area contributed by atoms with Gasteiger partial charge < -0.3 is 19.7 Å². The van der Waals surface area contributed by atoms with Crippen LogP contribution in [-0.2, 0) is 4.79 Å². The molecule has 2 aromatic rings. The highest BCUT2D eigenvalue weighted by molar-refractivity contribution is 5.95. The first kappa shape index (κ1) is 24.2. The lowest BCUT2D eigenvalue weighted by atomic mass is 10.0. The molecule has 33 heavy (non-hydrogen) atoms. The molecule has 0 atom stereocenters. The topological polar surface area (TPSA) is 84.9 Å². The van der Waals surface area contributed by atoms with E-state index in [2.05, 4.69) is 5.32 Å². The highest BCUT2D eigenvalue weighted by Gasteiger charge is 2.25. The van der Waals surface area contributed by atoms with Crippen molar-refractivity contribution in [3.8, 4) is 11.5 Å². The molecule has 8 heteroatoms. The Morgan fingerprint density at radius 2 is 1.82 bits per heavy atom. The summed E-state index contributed by atoms with van der Waals surface area (Å²) in [7, 11) is 1.51. The first-order valence-corrected chi connectivity index (χ1v) is 11.0. The fourth-order valence-electron chi connectivity index (χ4n) is 3.75. The second-order valence-electron chi connectivity index (χ2n) is 7.99. The molecular weight excluding hydrogens is 427 g/mol. The van der Waals surface area contributed by atoms with E-state index in [4.69, 9.17) is 9.47 Å². The van der Waals surface area contributed by atoms with Crippen molar-refractivity contribution in [2.24, 2.45) is 0 Å². The Bertz CT molecular complexity index is 1000. The molecule has 1 fully saturated rings. The van der Waals surface area contributed by atoms with Gasteiger partial charge >= 0.3 is 0 Å². The predicted molar refractivity (Wildman–Crippen MR) is 121 cm³/mol. The lowest BCUT2D eigenvalue weighted by molar-refractivity contribution is -0.122. The Morgan fingerprint density at radius 1 is 1.09 bits per heavy atom. The van der Waals surface area contributed by atoms with E-state index in [0.717, 1.165) is 0 Å². The lowest BCUT2D eigenvalue weighted by Gasteiger charge is -2.32. The van der Waals surface area contributed by atoms with Crippen molar-refractivity contribution >= 4 is 17.6 Å². The van der Waals surface area contributed by atoms with Crippen LogP contribution in [0.15, 0.2) is 42.5 Å². The van der Waals surface area contributed by atoms with Gasteiger partial charge in [0.1, 0.15) is 5.82 Å². The highest BCUT2D eigenvalue weighted by Crippen LogP contribution is 2.28. The first-order chi connectivity index (χ1) is 15.9. The molecular formula is C25H29FN2O5. The third kappa shape index (κ3) is 6.54. The Balaban J connectivity index is 1.38. The first-order valence-electron chi connectivity index (χ1n) is 11.0. The van der Waals surface area contributed by atoms with E-state index in [9.17, 15) is 18.8 Å². The van der Waals surface area contributed by atoms with Crippen LogP contribution in [-0.4, -0.2) is 55.3 Å². The maximum Gasteiger partial charge on any atom is 0.256 e. The average Bonchev–Trinajstić information content (AvgIpc) is 2.82. The summed E-state index contributed by atoms with van der Waals surface area (Å²) in [5.41, 5.74) is 0.618. The van der Waals surface area contributed by atoms with Crippen LogP contribution in [0, 0.1) is 5.82 Å². The number of halogens is 1. The van der Waals surface area contributed by atoms with Gasteiger partial charge in [0.2, 0.25) is 5.91 Å². The number of ketones is 1. The zero-order chi connectivity index (χ0) is 23.8. The van der Waals surface area contributed by atoms with Crippen molar-refractivity contribution in [3.63, 3.8) is 0 Å². The Morgan fingerprint density at radius 3 is 2.48 bits per heavy atom. The second-order valence-corrected chi connectivity index (χ2v) is 7.99. The van der Waals surface area contributed by atoms with Gasteiger partial charge in [-0.25, -0.2) is 4.39 Å². The van der Waals surface area contributed by atoms with E-state index < -0.39 is 5.82 Å². The minimum absolute atomic E-state index is 0.0118. The third-order valence-electron chi connectivity index (χ3n) is 5.63. The van der Waals surface area contributed by atoms with Gasteiger partial charge in [0.15, 0.2) is 17.3 Å². The maximum absolute atomic E-state index is 13.9. The molecule has 176 valence electrons. The molecule has 2 aromatic carbocycles. The molecule has 1 aliphatic rings. The van der Waals surface area contributed by atoms with Crippen LogP contribution in [0.2, 0.25) is 0 Å². The molecule has 0 saturated carbocycles. The number of rotatable bonds is 9. The smallest absolute Gasteiger partial charge is 0.256 e. The Labute approximate surface area is 192 Å². The van der Waals surface area contributed by atoms with Gasteiger partial charge in [0.25, 0.3) is 5.91 Å². The van der Waals surface area contributed by atoms with E-state index in [1.54, 1.807) is 35.2 Å². The second kappa shape index (κ2) is 11.4.